The Morgan fingerprint density at radius 2 is 1.91 bits per heavy atom. The lowest BCUT2D eigenvalue weighted by atomic mass is 10.1. The molecule has 1 heterocycles. The number of aryl methyl sites for hydroxylation is 1. The molecule has 0 saturated heterocycles. The van der Waals surface area contributed by atoms with Crippen molar-refractivity contribution in [2.45, 2.75) is 58.7 Å². The number of halogens is 2. The molecule has 7 nitrogen and oxygen atoms in total. The third-order valence-corrected chi connectivity index (χ3v) is 5.94. The van der Waals surface area contributed by atoms with Gasteiger partial charge < -0.3 is 20.3 Å². The number of nitrogens with zero attached hydrogens (tertiary/aromatic N) is 1. The minimum atomic E-state index is -0.905. The zero-order chi connectivity index (χ0) is 23.6. The summed E-state index contributed by atoms with van der Waals surface area (Å²) in [7, 11) is 0. The SMILES string of the molecule is Cc1cc(NC(=O)c2c(C)c(C(=O)C(=O)N[C@@H]3CCCC3O)n(CCF)c2C)ccc1F. The van der Waals surface area contributed by atoms with Gasteiger partial charge in [0.15, 0.2) is 0 Å². The second-order valence-electron chi connectivity index (χ2n) is 8.10. The van der Waals surface area contributed by atoms with Crippen molar-refractivity contribution in [2.75, 3.05) is 12.0 Å². The van der Waals surface area contributed by atoms with Gasteiger partial charge in [-0.15, -0.1) is 0 Å². The molecule has 0 radical (unpaired) electrons. The van der Waals surface area contributed by atoms with Crippen molar-refractivity contribution in [3.05, 3.63) is 52.1 Å². The van der Waals surface area contributed by atoms with Crippen LogP contribution >= 0.6 is 0 Å². The van der Waals surface area contributed by atoms with Gasteiger partial charge in [-0.3, -0.25) is 14.4 Å². The lowest BCUT2D eigenvalue weighted by Crippen LogP contribution is -2.43. The van der Waals surface area contributed by atoms with Crippen molar-refractivity contribution in [3.63, 3.8) is 0 Å². The highest BCUT2D eigenvalue weighted by Crippen LogP contribution is 2.25. The normalized spacial score (nSPS) is 17.9. The Hall–Kier alpha value is -3.07. The number of benzene rings is 1. The first-order valence-corrected chi connectivity index (χ1v) is 10.5. The van der Waals surface area contributed by atoms with Gasteiger partial charge in [-0.25, -0.2) is 8.78 Å². The molecule has 1 aromatic heterocycles. The lowest BCUT2D eigenvalue weighted by molar-refractivity contribution is -0.118. The van der Waals surface area contributed by atoms with E-state index in [1.165, 1.54) is 29.7 Å². The van der Waals surface area contributed by atoms with Gasteiger partial charge in [0, 0.05) is 11.4 Å². The van der Waals surface area contributed by atoms with Crippen LogP contribution in [0.15, 0.2) is 18.2 Å². The standard InChI is InChI=1S/C23H27F2N3O4/c1-12-11-15(7-8-16(12)25)26-22(31)19-13(2)20(28(10-9-24)14(19)3)21(30)23(32)27-17-5-4-6-18(17)29/h7-8,11,17-18,29H,4-6,9-10H2,1-3H3,(H,26,31)(H,27,32)/t17-,18?/m1/s1. The number of nitrogens with one attached hydrogen (secondary N) is 2. The second kappa shape index (κ2) is 9.60. The molecule has 9 heteroatoms. The van der Waals surface area contributed by atoms with E-state index in [9.17, 15) is 28.3 Å². The summed E-state index contributed by atoms with van der Waals surface area (Å²) in [5.74, 6) is -2.76. The van der Waals surface area contributed by atoms with Crippen LogP contribution in [-0.2, 0) is 11.3 Å². The van der Waals surface area contributed by atoms with Crippen LogP contribution in [0.4, 0.5) is 14.5 Å². The van der Waals surface area contributed by atoms with Gasteiger partial charge >= 0.3 is 0 Å². The van der Waals surface area contributed by atoms with Gasteiger partial charge in [0.1, 0.15) is 12.5 Å². The maximum absolute atomic E-state index is 13.5. The van der Waals surface area contributed by atoms with Gasteiger partial charge in [-0.05, 0) is 69.4 Å². The predicted molar refractivity (Wildman–Crippen MR) is 115 cm³/mol. The average Bonchev–Trinajstić information content (AvgIpc) is 3.24. The molecule has 32 heavy (non-hydrogen) atoms. The molecule has 0 spiro atoms. The number of aliphatic hydroxyl groups excluding tert-OH is 1. The van der Waals surface area contributed by atoms with Crippen LogP contribution in [0.3, 0.4) is 0 Å². The van der Waals surface area contributed by atoms with Gasteiger partial charge in [-0.2, -0.15) is 0 Å². The number of ketones is 1. The summed E-state index contributed by atoms with van der Waals surface area (Å²) >= 11 is 0. The van der Waals surface area contributed by atoms with E-state index < -0.39 is 42.2 Å². The number of aromatic nitrogens is 1. The molecule has 1 fully saturated rings. The fraction of sp³-hybridized carbons (Fsp3) is 0.435. The third kappa shape index (κ3) is 4.57. The van der Waals surface area contributed by atoms with E-state index in [0.717, 1.165) is 6.42 Å². The number of alkyl halides is 1. The van der Waals surface area contributed by atoms with Crippen LogP contribution in [0.25, 0.3) is 0 Å². The largest absolute Gasteiger partial charge is 0.391 e. The number of carbonyl (C=O) groups excluding carboxylic acids is 3. The number of anilines is 1. The number of hydrogen-bond acceptors (Lipinski definition) is 4. The molecular formula is C23H27F2N3O4. The highest BCUT2D eigenvalue weighted by molar-refractivity contribution is 6.43. The van der Waals surface area contributed by atoms with E-state index in [4.69, 9.17) is 0 Å². The molecule has 2 atom stereocenters. The predicted octanol–water partition coefficient (Wildman–Crippen LogP) is 2.99. The molecule has 1 aliphatic carbocycles. The van der Waals surface area contributed by atoms with Crippen LogP contribution < -0.4 is 10.6 Å². The van der Waals surface area contributed by atoms with E-state index >= 15 is 0 Å². The summed E-state index contributed by atoms with van der Waals surface area (Å²) < 4.78 is 28.1. The van der Waals surface area contributed by atoms with E-state index in [1.54, 1.807) is 13.8 Å². The molecule has 0 aliphatic heterocycles. The highest BCUT2D eigenvalue weighted by atomic mass is 19.1. The first kappa shape index (κ1) is 23.6. The Labute approximate surface area is 184 Å². The van der Waals surface area contributed by atoms with Crippen LogP contribution in [0.5, 0.6) is 0 Å². The van der Waals surface area contributed by atoms with Crippen molar-refractivity contribution in [3.8, 4) is 0 Å². The maximum atomic E-state index is 13.5. The van der Waals surface area contributed by atoms with Crippen molar-refractivity contribution in [2.24, 2.45) is 0 Å². The summed E-state index contributed by atoms with van der Waals surface area (Å²) in [6, 6.07) is 3.61. The molecule has 2 aromatic rings. The van der Waals surface area contributed by atoms with Gasteiger partial charge in [-0.1, -0.05) is 0 Å². The van der Waals surface area contributed by atoms with Crippen LogP contribution in [0, 0.1) is 26.6 Å². The smallest absolute Gasteiger partial charge is 0.294 e. The molecule has 0 bridgehead atoms. The Morgan fingerprint density at radius 1 is 1.19 bits per heavy atom. The number of aliphatic hydroxyl groups is 1. The molecule has 2 amide bonds. The monoisotopic (exact) mass is 447 g/mol. The van der Waals surface area contributed by atoms with Crippen molar-refractivity contribution in [1.82, 2.24) is 9.88 Å². The number of carbonyl (C=O) groups is 3. The van der Waals surface area contributed by atoms with E-state index in [-0.39, 0.29) is 23.4 Å². The highest BCUT2D eigenvalue weighted by Gasteiger charge is 2.33. The summed E-state index contributed by atoms with van der Waals surface area (Å²) in [5, 5.41) is 15.1. The molecule has 172 valence electrons. The van der Waals surface area contributed by atoms with Crippen LogP contribution in [-0.4, -0.2) is 46.1 Å². The third-order valence-electron chi connectivity index (χ3n) is 5.94. The molecule has 1 aliphatic rings. The summed E-state index contributed by atoms with van der Waals surface area (Å²) in [5.41, 5.74) is 1.40. The second-order valence-corrected chi connectivity index (χ2v) is 8.10. The Balaban J connectivity index is 1.92. The Morgan fingerprint density at radius 3 is 2.50 bits per heavy atom. The fourth-order valence-electron chi connectivity index (χ4n) is 4.25. The quantitative estimate of drug-likeness (QED) is 0.449. The van der Waals surface area contributed by atoms with Gasteiger partial charge in [0.25, 0.3) is 17.6 Å². The van der Waals surface area contributed by atoms with Crippen molar-refractivity contribution >= 4 is 23.3 Å². The maximum Gasteiger partial charge on any atom is 0.294 e. The minimum Gasteiger partial charge on any atom is -0.391 e. The topological polar surface area (TPSA) is 100 Å². The first-order valence-electron chi connectivity index (χ1n) is 10.5. The van der Waals surface area contributed by atoms with Crippen LogP contribution in [0.1, 0.15) is 56.9 Å². The molecule has 1 unspecified atom stereocenters. The van der Waals surface area contributed by atoms with Crippen LogP contribution in [0.2, 0.25) is 0 Å². The minimum absolute atomic E-state index is 0.0643. The number of rotatable bonds is 7. The molecule has 1 saturated carbocycles. The summed E-state index contributed by atoms with van der Waals surface area (Å²) in [4.78, 5) is 38.5. The molecule has 3 N–H and O–H groups in total. The van der Waals surface area contributed by atoms with Crippen molar-refractivity contribution in [1.29, 1.82) is 0 Å². The average molecular weight is 447 g/mol. The molecule has 3 rings (SSSR count). The Kier molecular flexibility index (Phi) is 7.08. The van der Waals surface area contributed by atoms with Gasteiger partial charge in [0.05, 0.1) is 29.9 Å². The first-order chi connectivity index (χ1) is 15.1. The number of hydrogen-bond donors (Lipinski definition) is 3. The number of amides is 2. The Bertz CT molecular complexity index is 1060. The summed E-state index contributed by atoms with van der Waals surface area (Å²) in [6.07, 6.45) is 1.13. The fourth-order valence-corrected chi connectivity index (χ4v) is 4.25. The summed E-state index contributed by atoms with van der Waals surface area (Å²) in [6.45, 7) is 3.67. The lowest BCUT2D eigenvalue weighted by Gasteiger charge is -2.16. The zero-order valence-electron chi connectivity index (χ0n) is 18.3. The van der Waals surface area contributed by atoms with E-state index in [2.05, 4.69) is 10.6 Å². The van der Waals surface area contributed by atoms with Gasteiger partial charge in [0.2, 0.25) is 0 Å². The zero-order valence-corrected chi connectivity index (χ0v) is 18.3. The van der Waals surface area contributed by atoms with E-state index in [0.29, 0.717) is 29.8 Å². The molecular weight excluding hydrogens is 420 g/mol. The van der Waals surface area contributed by atoms with E-state index in [1.807, 2.05) is 0 Å². The molecule has 1 aromatic carbocycles. The number of Topliss-reactive ketones (excluding diaryl/α,β-unsaturated/α-hetero) is 1. The van der Waals surface area contributed by atoms with Crippen molar-refractivity contribution < 1.29 is 28.3 Å².